The summed E-state index contributed by atoms with van der Waals surface area (Å²) in [4.78, 5) is 19.4. The highest BCUT2D eigenvalue weighted by atomic mass is 32.2. The second kappa shape index (κ2) is 9.50. The van der Waals surface area contributed by atoms with E-state index in [1.807, 2.05) is 28.8 Å². The molecule has 2 aliphatic carbocycles. The first kappa shape index (κ1) is 22.4. The summed E-state index contributed by atoms with van der Waals surface area (Å²) in [7, 11) is 0. The second-order valence-electron chi connectivity index (χ2n) is 9.89. The average Bonchev–Trinajstić information content (AvgIpc) is 3.37. The summed E-state index contributed by atoms with van der Waals surface area (Å²) < 4.78 is 1.93. The van der Waals surface area contributed by atoms with Crippen molar-refractivity contribution in [1.82, 2.24) is 9.55 Å². The molecule has 4 aromatic rings. The maximum absolute atomic E-state index is 14.1. The first-order valence-electron chi connectivity index (χ1n) is 12.7. The Bertz CT molecular complexity index is 1390. The van der Waals surface area contributed by atoms with E-state index in [4.69, 9.17) is 4.98 Å². The molecule has 0 N–H and O–H groups in total. The van der Waals surface area contributed by atoms with Crippen molar-refractivity contribution in [3.63, 3.8) is 0 Å². The fraction of sp³-hybridized carbons (Fsp3) is 0.290. The fourth-order valence-electron chi connectivity index (χ4n) is 5.96. The third kappa shape index (κ3) is 4.25. The van der Waals surface area contributed by atoms with Crippen LogP contribution in [0.1, 0.15) is 47.9 Å². The van der Waals surface area contributed by atoms with Crippen LogP contribution in [0, 0.1) is 0 Å². The highest BCUT2D eigenvalue weighted by molar-refractivity contribution is 7.99. The monoisotopic (exact) mass is 478 g/mol. The van der Waals surface area contributed by atoms with Crippen LogP contribution in [-0.4, -0.2) is 15.3 Å². The fourth-order valence-corrected chi connectivity index (χ4v) is 6.94. The summed E-state index contributed by atoms with van der Waals surface area (Å²) in [6.45, 7) is 0.558. The minimum atomic E-state index is 0.0942. The number of aromatic nitrogens is 2. The smallest absolute Gasteiger partial charge is 0.258 e. The van der Waals surface area contributed by atoms with Crippen molar-refractivity contribution < 1.29 is 0 Å². The Morgan fingerprint density at radius 2 is 1.49 bits per heavy atom. The summed E-state index contributed by atoms with van der Waals surface area (Å²) in [5.74, 6) is 0.885. The number of fused-ring (bicyclic) bond motifs is 4. The molecule has 3 nitrogen and oxygen atoms in total. The maximum Gasteiger partial charge on any atom is 0.258 e. The molecule has 0 unspecified atom stereocenters. The molecular weight excluding hydrogens is 448 g/mol. The lowest BCUT2D eigenvalue weighted by atomic mass is 9.68. The van der Waals surface area contributed by atoms with E-state index in [1.165, 1.54) is 29.5 Å². The molecule has 1 heterocycles. The minimum absolute atomic E-state index is 0.0942. The van der Waals surface area contributed by atoms with Gasteiger partial charge in [0.1, 0.15) is 0 Å². The number of hydrogen-bond acceptors (Lipinski definition) is 3. The summed E-state index contributed by atoms with van der Waals surface area (Å²) >= 11 is 1.70. The van der Waals surface area contributed by atoms with Crippen LogP contribution in [0.5, 0.6) is 0 Å². The highest BCUT2D eigenvalue weighted by Crippen LogP contribution is 2.50. The molecule has 0 bridgehead atoms. The summed E-state index contributed by atoms with van der Waals surface area (Å²) in [6.07, 6.45) is 6.56. The standard InChI is InChI=1S/C31H30N2OS/c34-29-26-21-31(18-9-10-19-31)27-16-8-7-15-25(27)28(26)32-30(33(29)22-24-13-5-2-6-14-24)35-20-17-23-11-3-1-4-12-23/h1-8,11-16H,9-10,17-22H2. The number of benzene rings is 3. The quantitative estimate of drug-likeness (QED) is 0.230. The van der Waals surface area contributed by atoms with Gasteiger partial charge in [-0.15, -0.1) is 0 Å². The van der Waals surface area contributed by atoms with Gasteiger partial charge in [-0.3, -0.25) is 9.36 Å². The van der Waals surface area contributed by atoms with Crippen LogP contribution in [0.15, 0.2) is 94.9 Å². The van der Waals surface area contributed by atoms with E-state index in [1.54, 1.807) is 11.8 Å². The van der Waals surface area contributed by atoms with E-state index in [9.17, 15) is 4.79 Å². The normalized spacial score (nSPS) is 15.7. The zero-order chi connectivity index (χ0) is 23.7. The van der Waals surface area contributed by atoms with E-state index in [0.29, 0.717) is 6.54 Å². The Labute approximate surface area is 211 Å². The summed E-state index contributed by atoms with van der Waals surface area (Å²) in [5, 5.41) is 0.825. The Morgan fingerprint density at radius 3 is 2.23 bits per heavy atom. The molecule has 35 heavy (non-hydrogen) atoms. The molecule has 0 aliphatic heterocycles. The molecule has 6 rings (SSSR count). The van der Waals surface area contributed by atoms with Gasteiger partial charge in [0.2, 0.25) is 0 Å². The van der Waals surface area contributed by atoms with Crippen LogP contribution in [0.4, 0.5) is 0 Å². The lowest BCUT2D eigenvalue weighted by Crippen LogP contribution is -2.37. The predicted octanol–water partition coefficient (Wildman–Crippen LogP) is 6.66. The van der Waals surface area contributed by atoms with Crippen molar-refractivity contribution in [2.24, 2.45) is 0 Å². The van der Waals surface area contributed by atoms with Gasteiger partial charge in [0.05, 0.1) is 12.2 Å². The van der Waals surface area contributed by atoms with Crippen molar-refractivity contribution >= 4 is 11.8 Å². The van der Waals surface area contributed by atoms with E-state index < -0.39 is 0 Å². The van der Waals surface area contributed by atoms with Gasteiger partial charge in [-0.05, 0) is 42.4 Å². The topological polar surface area (TPSA) is 34.9 Å². The molecule has 1 saturated carbocycles. The van der Waals surface area contributed by atoms with Gasteiger partial charge in [0.15, 0.2) is 5.16 Å². The van der Waals surface area contributed by atoms with Gasteiger partial charge >= 0.3 is 0 Å². The van der Waals surface area contributed by atoms with Crippen LogP contribution >= 0.6 is 11.8 Å². The number of nitrogens with zero attached hydrogens (tertiary/aromatic N) is 2. The number of rotatable bonds is 6. The van der Waals surface area contributed by atoms with Crippen LogP contribution in [0.3, 0.4) is 0 Å². The third-order valence-corrected chi connectivity index (χ3v) is 8.68. The van der Waals surface area contributed by atoms with Crippen LogP contribution in [0.2, 0.25) is 0 Å². The van der Waals surface area contributed by atoms with Crippen molar-refractivity contribution in [3.05, 3.63) is 118 Å². The molecular formula is C31H30N2OS. The molecule has 0 atom stereocenters. The summed E-state index contributed by atoms with van der Waals surface area (Å²) in [6, 6.07) is 29.5. The Hall–Kier alpha value is -3.11. The second-order valence-corrected chi connectivity index (χ2v) is 11.0. The highest BCUT2D eigenvalue weighted by Gasteiger charge is 2.42. The largest absolute Gasteiger partial charge is 0.283 e. The van der Waals surface area contributed by atoms with Crippen molar-refractivity contribution in [2.75, 3.05) is 5.75 Å². The first-order valence-corrected chi connectivity index (χ1v) is 13.7. The molecule has 0 saturated heterocycles. The van der Waals surface area contributed by atoms with Crippen molar-refractivity contribution in [2.45, 2.75) is 55.6 Å². The molecule has 1 aromatic heterocycles. The van der Waals surface area contributed by atoms with Gasteiger partial charge in [-0.1, -0.05) is 110 Å². The van der Waals surface area contributed by atoms with Gasteiger partial charge in [0, 0.05) is 22.3 Å². The predicted molar refractivity (Wildman–Crippen MR) is 144 cm³/mol. The average molecular weight is 479 g/mol. The third-order valence-electron chi connectivity index (χ3n) is 7.71. The Kier molecular flexibility index (Phi) is 6.07. The lowest BCUT2D eigenvalue weighted by Gasteiger charge is -2.36. The number of hydrogen-bond donors (Lipinski definition) is 0. The van der Waals surface area contributed by atoms with Gasteiger partial charge < -0.3 is 0 Å². The minimum Gasteiger partial charge on any atom is -0.283 e. The van der Waals surface area contributed by atoms with Crippen molar-refractivity contribution in [1.29, 1.82) is 0 Å². The van der Waals surface area contributed by atoms with E-state index >= 15 is 0 Å². The molecule has 0 radical (unpaired) electrons. The van der Waals surface area contributed by atoms with Crippen molar-refractivity contribution in [3.8, 4) is 11.3 Å². The molecule has 2 aliphatic rings. The zero-order valence-electron chi connectivity index (χ0n) is 20.0. The van der Waals surface area contributed by atoms with E-state index in [0.717, 1.165) is 53.4 Å². The van der Waals surface area contributed by atoms with E-state index in [2.05, 4.69) is 60.7 Å². The summed E-state index contributed by atoms with van der Waals surface area (Å²) in [5.41, 5.74) is 7.07. The Morgan fingerprint density at radius 1 is 0.829 bits per heavy atom. The number of thioether (sulfide) groups is 1. The molecule has 0 amide bonds. The van der Waals surface area contributed by atoms with E-state index in [-0.39, 0.29) is 11.0 Å². The first-order chi connectivity index (χ1) is 17.2. The molecule has 3 aromatic carbocycles. The molecule has 176 valence electrons. The van der Waals surface area contributed by atoms with Crippen LogP contribution in [-0.2, 0) is 24.8 Å². The SMILES string of the molecule is O=c1c2c(nc(SCCc3ccccc3)n1Cc1ccccc1)-c1ccccc1C1(CCCC1)C2. The number of aryl methyl sites for hydroxylation is 1. The maximum atomic E-state index is 14.1. The zero-order valence-corrected chi connectivity index (χ0v) is 20.8. The molecule has 4 heteroatoms. The molecule has 1 fully saturated rings. The Balaban J connectivity index is 1.43. The van der Waals surface area contributed by atoms with Crippen LogP contribution in [0.25, 0.3) is 11.3 Å². The van der Waals surface area contributed by atoms with Gasteiger partial charge in [-0.25, -0.2) is 4.98 Å². The molecule has 1 spiro atoms. The van der Waals surface area contributed by atoms with Crippen LogP contribution < -0.4 is 5.56 Å². The van der Waals surface area contributed by atoms with Gasteiger partial charge in [0.25, 0.3) is 5.56 Å². The van der Waals surface area contributed by atoms with Gasteiger partial charge in [-0.2, -0.15) is 0 Å². The lowest BCUT2D eigenvalue weighted by molar-refractivity contribution is 0.426.